The first kappa shape index (κ1) is 18.6. The van der Waals surface area contributed by atoms with Gasteiger partial charge in [0, 0.05) is 23.7 Å². The molecule has 2 aliphatic heterocycles. The second-order valence-corrected chi connectivity index (χ2v) is 8.11. The van der Waals surface area contributed by atoms with Crippen molar-refractivity contribution in [1.29, 1.82) is 0 Å². The fraction of sp³-hybridized carbons (Fsp3) is 0.286. The van der Waals surface area contributed by atoms with Crippen LogP contribution < -0.4 is 10.6 Å². The van der Waals surface area contributed by atoms with Crippen molar-refractivity contribution in [2.45, 2.75) is 23.0 Å². The van der Waals surface area contributed by atoms with Gasteiger partial charge in [0.1, 0.15) is 0 Å². The molecule has 0 aromatic heterocycles. The van der Waals surface area contributed by atoms with E-state index in [1.54, 1.807) is 4.90 Å². The fourth-order valence-corrected chi connectivity index (χ4v) is 4.61. The van der Waals surface area contributed by atoms with Crippen LogP contribution in [0.5, 0.6) is 0 Å². The van der Waals surface area contributed by atoms with Crippen molar-refractivity contribution in [2.24, 2.45) is 5.92 Å². The maximum atomic E-state index is 13.0. The topological polar surface area (TPSA) is 78.5 Å². The minimum Gasteiger partial charge on any atom is -0.340 e. The molecule has 2 heterocycles. The highest BCUT2D eigenvalue weighted by atomic mass is 32.2. The van der Waals surface area contributed by atoms with Crippen molar-refractivity contribution in [3.8, 4) is 0 Å². The smallest absolute Gasteiger partial charge is 0.247 e. The first-order valence-corrected chi connectivity index (χ1v) is 10.2. The van der Waals surface area contributed by atoms with Crippen LogP contribution in [0.4, 0.5) is 11.4 Å². The van der Waals surface area contributed by atoms with Crippen molar-refractivity contribution >= 4 is 40.9 Å². The van der Waals surface area contributed by atoms with Gasteiger partial charge in [0.05, 0.1) is 11.6 Å². The van der Waals surface area contributed by atoms with E-state index in [0.717, 1.165) is 29.1 Å². The van der Waals surface area contributed by atoms with Crippen molar-refractivity contribution in [3.05, 3.63) is 54.6 Å². The van der Waals surface area contributed by atoms with Gasteiger partial charge in [0.15, 0.2) is 5.25 Å². The molecular formula is C21H21N3O3S. The Morgan fingerprint density at radius 1 is 1.07 bits per heavy atom. The minimum absolute atomic E-state index is 0.0882. The lowest BCUT2D eigenvalue weighted by Crippen LogP contribution is -2.50. The average molecular weight is 395 g/mol. The summed E-state index contributed by atoms with van der Waals surface area (Å²) in [6.07, 6.45) is 1.48. The van der Waals surface area contributed by atoms with E-state index >= 15 is 0 Å². The Kier molecular flexibility index (Phi) is 5.34. The summed E-state index contributed by atoms with van der Waals surface area (Å²) in [6.45, 7) is 0.906. The molecule has 0 aliphatic carbocycles. The first-order valence-electron chi connectivity index (χ1n) is 9.33. The lowest BCUT2D eigenvalue weighted by Gasteiger charge is -2.35. The number of likely N-dealkylation sites (tertiary alicyclic amines) is 1. The van der Waals surface area contributed by atoms with Crippen LogP contribution in [0.1, 0.15) is 12.8 Å². The monoisotopic (exact) mass is 395 g/mol. The largest absolute Gasteiger partial charge is 0.340 e. The standard InChI is InChI=1S/C21H21N3O3S/c25-19(22-15-8-2-1-3-9-15)14-7-6-12-24(13-14)21(27)18-20(26)23-16-10-4-5-11-17(16)28-18/h1-5,8-11,14,18H,6-7,12-13H2,(H,22,25)(H,23,26)/t14-,18-/m0/s1. The number of thioether (sulfide) groups is 1. The van der Waals surface area contributed by atoms with E-state index in [4.69, 9.17) is 0 Å². The lowest BCUT2D eigenvalue weighted by molar-refractivity contribution is -0.136. The van der Waals surface area contributed by atoms with E-state index in [1.165, 1.54) is 11.8 Å². The molecular weight excluding hydrogens is 374 g/mol. The highest BCUT2D eigenvalue weighted by molar-refractivity contribution is 8.01. The Bertz CT molecular complexity index is 903. The van der Waals surface area contributed by atoms with E-state index in [-0.39, 0.29) is 23.6 Å². The second-order valence-electron chi connectivity index (χ2n) is 6.96. The van der Waals surface area contributed by atoms with Gasteiger partial charge in [0.25, 0.3) is 0 Å². The summed E-state index contributed by atoms with van der Waals surface area (Å²) in [5.41, 5.74) is 1.48. The zero-order valence-electron chi connectivity index (χ0n) is 15.3. The second kappa shape index (κ2) is 8.06. The lowest BCUT2D eigenvalue weighted by atomic mass is 9.96. The molecule has 6 nitrogen and oxygen atoms in total. The predicted octanol–water partition coefficient (Wildman–Crippen LogP) is 2.98. The molecule has 2 aromatic rings. The molecule has 7 heteroatoms. The molecule has 2 aromatic carbocycles. The fourth-order valence-electron chi connectivity index (χ4n) is 3.54. The summed E-state index contributed by atoms with van der Waals surface area (Å²) in [7, 11) is 0. The predicted molar refractivity (Wildman–Crippen MR) is 109 cm³/mol. The molecule has 4 rings (SSSR count). The van der Waals surface area contributed by atoms with Crippen LogP contribution in [0.2, 0.25) is 0 Å². The van der Waals surface area contributed by atoms with Gasteiger partial charge in [-0.3, -0.25) is 14.4 Å². The quantitative estimate of drug-likeness (QED) is 0.783. The van der Waals surface area contributed by atoms with Gasteiger partial charge in [-0.05, 0) is 37.1 Å². The van der Waals surface area contributed by atoms with Gasteiger partial charge < -0.3 is 15.5 Å². The number of amides is 3. The van der Waals surface area contributed by atoms with Crippen LogP contribution in [0.3, 0.4) is 0 Å². The van der Waals surface area contributed by atoms with Crippen LogP contribution in [0, 0.1) is 5.92 Å². The van der Waals surface area contributed by atoms with E-state index in [0.29, 0.717) is 13.1 Å². The summed E-state index contributed by atoms with van der Waals surface area (Å²) >= 11 is 1.28. The molecule has 3 amide bonds. The molecule has 144 valence electrons. The van der Waals surface area contributed by atoms with Crippen LogP contribution in [-0.2, 0) is 14.4 Å². The molecule has 2 N–H and O–H groups in total. The third-order valence-electron chi connectivity index (χ3n) is 5.00. The first-order chi connectivity index (χ1) is 13.6. The number of fused-ring (bicyclic) bond motifs is 1. The number of carbonyl (C=O) groups is 3. The normalized spacial score (nSPS) is 21.4. The number of hydrogen-bond acceptors (Lipinski definition) is 4. The summed E-state index contributed by atoms with van der Waals surface area (Å²) in [6, 6.07) is 16.7. The van der Waals surface area contributed by atoms with Crippen LogP contribution in [0.25, 0.3) is 0 Å². The number of anilines is 2. The highest BCUT2D eigenvalue weighted by Crippen LogP contribution is 2.36. The maximum absolute atomic E-state index is 13.0. The molecule has 0 radical (unpaired) electrons. The van der Waals surface area contributed by atoms with E-state index in [9.17, 15) is 14.4 Å². The molecule has 1 fully saturated rings. The van der Waals surface area contributed by atoms with Crippen molar-refractivity contribution in [3.63, 3.8) is 0 Å². The van der Waals surface area contributed by atoms with Gasteiger partial charge in [0.2, 0.25) is 17.7 Å². The molecule has 28 heavy (non-hydrogen) atoms. The Morgan fingerprint density at radius 2 is 1.82 bits per heavy atom. The zero-order valence-corrected chi connectivity index (χ0v) is 16.1. The van der Waals surface area contributed by atoms with Crippen molar-refractivity contribution < 1.29 is 14.4 Å². The number of hydrogen-bond donors (Lipinski definition) is 2. The molecule has 0 unspecified atom stereocenters. The zero-order chi connectivity index (χ0) is 19.5. The van der Waals surface area contributed by atoms with Crippen molar-refractivity contribution in [2.75, 3.05) is 23.7 Å². The van der Waals surface area contributed by atoms with Crippen molar-refractivity contribution in [1.82, 2.24) is 4.90 Å². The van der Waals surface area contributed by atoms with E-state index in [2.05, 4.69) is 10.6 Å². The van der Waals surface area contributed by atoms with Gasteiger partial charge in [-0.1, -0.05) is 30.3 Å². The number of nitrogens with one attached hydrogen (secondary N) is 2. The molecule has 0 spiro atoms. The SMILES string of the molecule is O=C(Nc1ccccc1)[C@H]1CCCN(C(=O)[C@H]2Sc3ccccc3NC2=O)C1. The Hall–Kier alpha value is -2.80. The molecule has 2 atom stereocenters. The number of rotatable bonds is 3. The van der Waals surface area contributed by atoms with E-state index in [1.807, 2.05) is 54.6 Å². The van der Waals surface area contributed by atoms with Gasteiger partial charge in [-0.2, -0.15) is 0 Å². The number of para-hydroxylation sites is 2. The van der Waals surface area contributed by atoms with Crippen LogP contribution in [-0.4, -0.2) is 41.0 Å². The summed E-state index contributed by atoms with van der Waals surface area (Å²) in [4.78, 5) is 40.6. The molecule has 0 saturated carbocycles. The number of carbonyl (C=O) groups excluding carboxylic acids is 3. The number of benzene rings is 2. The highest BCUT2D eigenvalue weighted by Gasteiger charge is 2.38. The van der Waals surface area contributed by atoms with Gasteiger partial charge in [-0.25, -0.2) is 0 Å². The average Bonchev–Trinajstić information content (AvgIpc) is 2.73. The van der Waals surface area contributed by atoms with Crippen LogP contribution in [0.15, 0.2) is 59.5 Å². The summed E-state index contributed by atoms with van der Waals surface area (Å²) in [5.74, 6) is -0.893. The minimum atomic E-state index is -0.814. The van der Waals surface area contributed by atoms with Crippen LogP contribution >= 0.6 is 11.8 Å². The Labute approximate surface area is 167 Å². The maximum Gasteiger partial charge on any atom is 0.247 e. The third kappa shape index (κ3) is 3.89. The third-order valence-corrected chi connectivity index (χ3v) is 6.26. The molecule has 2 aliphatic rings. The molecule has 0 bridgehead atoms. The van der Waals surface area contributed by atoms with Gasteiger partial charge in [-0.15, -0.1) is 11.8 Å². The van der Waals surface area contributed by atoms with E-state index < -0.39 is 5.25 Å². The summed E-state index contributed by atoms with van der Waals surface area (Å²) < 4.78 is 0. The molecule has 1 saturated heterocycles. The number of piperidine rings is 1. The Morgan fingerprint density at radius 3 is 2.64 bits per heavy atom. The number of nitrogens with zero attached hydrogens (tertiary/aromatic N) is 1. The van der Waals surface area contributed by atoms with Gasteiger partial charge >= 0.3 is 0 Å². The summed E-state index contributed by atoms with van der Waals surface area (Å²) in [5, 5.41) is 4.91. The Balaban J connectivity index is 1.42.